The van der Waals surface area contributed by atoms with E-state index in [9.17, 15) is 0 Å². The van der Waals surface area contributed by atoms with Crippen LogP contribution in [0.1, 0.15) is 48.8 Å². The Balaban J connectivity index is 1.49. The summed E-state index contributed by atoms with van der Waals surface area (Å²) in [5.74, 6) is 1.06. The van der Waals surface area contributed by atoms with Gasteiger partial charge in [0.05, 0.1) is 29.3 Å². The van der Waals surface area contributed by atoms with Crippen LogP contribution in [0.4, 0.5) is 0 Å². The Morgan fingerprint density at radius 3 is 2.93 bits per heavy atom. The first-order chi connectivity index (χ1) is 13.4. The van der Waals surface area contributed by atoms with Crippen LogP contribution in [-0.4, -0.2) is 39.0 Å². The highest BCUT2D eigenvalue weighted by Gasteiger charge is 2.33. The largest absolute Gasteiger partial charge is 0.341 e. The predicted octanol–water partition coefficient (Wildman–Crippen LogP) is 3.59. The van der Waals surface area contributed by atoms with E-state index >= 15 is 0 Å². The Hall–Kier alpha value is -2.24. The average Bonchev–Trinajstić information content (AvgIpc) is 3.15. The van der Waals surface area contributed by atoms with E-state index in [1.807, 2.05) is 6.20 Å². The van der Waals surface area contributed by atoms with E-state index in [0.717, 1.165) is 42.9 Å². The molecule has 140 valence electrons. The van der Waals surface area contributed by atoms with Crippen molar-refractivity contribution in [2.75, 3.05) is 13.1 Å². The minimum Gasteiger partial charge on any atom is -0.341 e. The van der Waals surface area contributed by atoms with E-state index in [0.29, 0.717) is 12.1 Å². The summed E-state index contributed by atoms with van der Waals surface area (Å²) in [4.78, 5) is 15.9. The minimum atomic E-state index is 0.382. The third-order valence-corrected chi connectivity index (χ3v) is 6.08. The van der Waals surface area contributed by atoms with Crippen LogP contribution in [0.15, 0.2) is 42.6 Å². The van der Waals surface area contributed by atoms with Gasteiger partial charge in [0.15, 0.2) is 0 Å². The molecule has 0 unspecified atom stereocenters. The van der Waals surface area contributed by atoms with Crippen molar-refractivity contribution in [3.8, 4) is 0 Å². The lowest BCUT2D eigenvalue weighted by molar-refractivity contribution is 0.0868. The lowest BCUT2D eigenvalue weighted by Gasteiger charge is -2.41. The molecule has 1 aliphatic carbocycles. The zero-order valence-corrected chi connectivity index (χ0v) is 15.7. The molecule has 27 heavy (non-hydrogen) atoms. The summed E-state index contributed by atoms with van der Waals surface area (Å²) >= 11 is 0. The fourth-order valence-electron chi connectivity index (χ4n) is 4.77. The first kappa shape index (κ1) is 16.9. The van der Waals surface area contributed by atoms with Gasteiger partial charge in [0.25, 0.3) is 0 Å². The number of nitrogens with one attached hydrogen (secondary N) is 2. The maximum Gasteiger partial charge on any atom is 0.121 e. The van der Waals surface area contributed by atoms with Crippen molar-refractivity contribution < 1.29 is 0 Å². The number of aromatic nitrogens is 3. The number of nitrogens with zero attached hydrogens (tertiary/aromatic N) is 3. The van der Waals surface area contributed by atoms with E-state index in [4.69, 9.17) is 9.97 Å². The van der Waals surface area contributed by atoms with Crippen molar-refractivity contribution in [1.82, 2.24) is 25.2 Å². The highest BCUT2D eigenvalue weighted by molar-refractivity contribution is 5.74. The van der Waals surface area contributed by atoms with E-state index < -0.39 is 0 Å². The first-order valence-electron chi connectivity index (χ1n) is 10.2. The molecule has 1 fully saturated rings. The molecular weight excluding hydrogens is 334 g/mol. The number of benzene rings is 1. The number of hydrogen-bond donors (Lipinski definition) is 2. The molecule has 5 rings (SSSR count). The third-order valence-electron chi connectivity index (χ3n) is 6.08. The number of para-hydroxylation sites is 2. The van der Waals surface area contributed by atoms with Crippen molar-refractivity contribution in [2.24, 2.45) is 0 Å². The summed E-state index contributed by atoms with van der Waals surface area (Å²) in [6, 6.07) is 13.6. The fraction of sp³-hybridized carbons (Fsp3) is 0.455. The molecule has 3 aromatic rings. The summed E-state index contributed by atoms with van der Waals surface area (Å²) in [6.45, 7) is 3.04. The average molecular weight is 361 g/mol. The van der Waals surface area contributed by atoms with Gasteiger partial charge < -0.3 is 10.3 Å². The van der Waals surface area contributed by atoms with Crippen molar-refractivity contribution in [1.29, 1.82) is 0 Å². The van der Waals surface area contributed by atoms with Crippen LogP contribution in [0.25, 0.3) is 11.0 Å². The van der Waals surface area contributed by atoms with Gasteiger partial charge in [-0.15, -0.1) is 0 Å². The third kappa shape index (κ3) is 3.37. The summed E-state index contributed by atoms with van der Waals surface area (Å²) in [5, 5.41) is 3.60. The Kier molecular flexibility index (Phi) is 4.64. The van der Waals surface area contributed by atoms with Gasteiger partial charge in [-0.25, -0.2) is 4.98 Å². The van der Waals surface area contributed by atoms with Gasteiger partial charge >= 0.3 is 0 Å². The fourth-order valence-corrected chi connectivity index (χ4v) is 4.77. The standard InChI is InChI=1S/C22H27N5/c1-2-10-19-18(9-1)25-21(26-19)15-27(17-8-5-12-23-14-17)20-11-3-6-16-7-4-13-24-22(16)20/h1-2,4,7,9-10,13,17,20,23H,3,5-6,8,11-12,14-15H2,(H,25,26)/t17-,20+/m1/s1. The molecule has 0 amide bonds. The quantitative estimate of drug-likeness (QED) is 0.746. The zero-order chi connectivity index (χ0) is 18.1. The first-order valence-corrected chi connectivity index (χ1v) is 10.2. The molecule has 0 radical (unpaired) electrons. The monoisotopic (exact) mass is 361 g/mol. The Bertz CT molecular complexity index is 879. The molecule has 5 heteroatoms. The van der Waals surface area contributed by atoms with E-state index in [1.54, 1.807) is 0 Å². The molecule has 1 aromatic carbocycles. The van der Waals surface area contributed by atoms with Crippen molar-refractivity contribution in [2.45, 2.75) is 50.7 Å². The van der Waals surface area contributed by atoms with Gasteiger partial charge in [0.1, 0.15) is 5.82 Å². The normalized spacial score (nSPS) is 22.9. The summed E-state index contributed by atoms with van der Waals surface area (Å²) in [5.41, 5.74) is 4.88. The number of H-pyrrole nitrogens is 1. The van der Waals surface area contributed by atoms with E-state index in [-0.39, 0.29) is 0 Å². The molecule has 0 spiro atoms. The molecule has 1 saturated heterocycles. The Morgan fingerprint density at radius 1 is 1.07 bits per heavy atom. The van der Waals surface area contributed by atoms with Gasteiger partial charge in [0, 0.05) is 18.8 Å². The van der Waals surface area contributed by atoms with E-state index in [1.165, 1.54) is 36.9 Å². The molecule has 2 aromatic heterocycles. The number of pyridine rings is 1. The number of rotatable bonds is 4. The molecular formula is C22H27N5. The molecule has 2 N–H and O–H groups in total. The molecule has 5 nitrogen and oxygen atoms in total. The SMILES string of the molecule is c1cnc2c(c1)CCC[C@@H]2N(Cc1nc2ccccc2[nH]1)[C@@H]1CCCNC1. The second-order valence-corrected chi connectivity index (χ2v) is 7.83. The van der Waals surface area contributed by atoms with Gasteiger partial charge in [-0.05, 0) is 62.4 Å². The van der Waals surface area contributed by atoms with Crippen LogP contribution in [-0.2, 0) is 13.0 Å². The molecule has 2 atom stereocenters. The summed E-state index contributed by atoms with van der Waals surface area (Å²) in [7, 11) is 0. The van der Waals surface area contributed by atoms with Gasteiger partial charge in [0.2, 0.25) is 0 Å². The lowest BCUT2D eigenvalue weighted by Crippen LogP contribution is -2.48. The lowest BCUT2D eigenvalue weighted by atomic mass is 9.89. The van der Waals surface area contributed by atoms with E-state index in [2.05, 4.69) is 51.6 Å². The summed E-state index contributed by atoms with van der Waals surface area (Å²) in [6.07, 6.45) is 8.01. The molecule has 0 saturated carbocycles. The second kappa shape index (κ2) is 7.41. The number of piperidine rings is 1. The van der Waals surface area contributed by atoms with Crippen LogP contribution in [0, 0.1) is 0 Å². The van der Waals surface area contributed by atoms with Gasteiger partial charge in [-0.2, -0.15) is 0 Å². The topological polar surface area (TPSA) is 56.8 Å². The molecule has 0 bridgehead atoms. The van der Waals surface area contributed by atoms with Crippen LogP contribution < -0.4 is 5.32 Å². The predicted molar refractivity (Wildman–Crippen MR) is 107 cm³/mol. The van der Waals surface area contributed by atoms with Gasteiger partial charge in [-0.3, -0.25) is 9.88 Å². The van der Waals surface area contributed by atoms with Crippen molar-refractivity contribution in [3.05, 3.63) is 59.7 Å². The maximum absolute atomic E-state index is 4.86. The second-order valence-electron chi connectivity index (χ2n) is 7.83. The Morgan fingerprint density at radius 2 is 2.04 bits per heavy atom. The van der Waals surface area contributed by atoms with Crippen LogP contribution in [0.5, 0.6) is 0 Å². The van der Waals surface area contributed by atoms with Crippen LogP contribution in [0.3, 0.4) is 0 Å². The van der Waals surface area contributed by atoms with Crippen LogP contribution in [0.2, 0.25) is 0 Å². The smallest absolute Gasteiger partial charge is 0.121 e. The summed E-state index contributed by atoms with van der Waals surface area (Å²) < 4.78 is 0. The number of fused-ring (bicyclic) bond motifs is 2. The van der Waals surface area contributed by atoms with Gasteiger partial charge in [-0.1, -0.05) is 18.2 Å². The minimum absolute atomic E-state index is 0.382. The number of imidazole rings is 1. The zero-order valence-electron chi connectivity index (χ0n) is 15.7. The number of aryl methyl sites for hydroxylation is 1. The molecule has 2 aliphatic rings. The van der Waals surface area contributed by atoms with Crippen molar-refractivity contribution in [3.63, 3.8) is 0 Å². The molecule has 3 heterocycles. The highest BCUT2D eigenvalue weighted by Crippen LogP contribution is 2.36. The van der Waals surface area contributed by atoms with Crippen LogP contribution >= 0.6 is 0 Å². The molecule has 1 aliphatic heterocycles. The number of hydrogen-bond acceptors (Lipinski definition) is 4. The maximum atomic E-state index is 4.86. The number of aromatic amines is 1. The highest BCUT2D eigenvalue weighted by atomic mass is 15.2. The Labute approximate surface area is 160 Å². The van der Waals surface area contributed by atoms with Crippen molar-refractivity contribution >= 4 is 11.0 Å².